The zero-order valence-electron chi connectivity index (χ0n) is 12.7. The average molecular weight is 391 g/mol. The van der Waals surface area contributed by atoms with E-state index >= 15 is 0 Å². The third-order valence-corrected chi connectivity index (χ3v) is 4.83. The molecule has 2 aromatic rings. The van der Waals surface area contributed by atoms with E-state index in [1.165, 1.54) is 18.2 Å². The van der Waals surface area contributed by atoms with Crippen molar-refractivity contribution in [2.45, 2.75) is 15.3 Å². The summed E-state index contributed by atoms with van der Waals surface area (Å²) in [6.07, 6.45) is 0.907. The Kier molecular flexibility index (Phi) is 5.33. The molecular weight excluding hydrogens is 379 g/mol. The molecule has 0 aliphatic rings. The molecule has 0 aromatic heterocycles. The molecule has 0 atom stereocenters. The minimum atomic E-state index is -4.42. The number of rotatable bonds is 4. The second-order valence-corrected chi connectivity index (χ2v) is 8.10. The van der Waals surface area contributed by atoms with Crippen molar-refractivity contribution in [2.75, 3.05) is 11.6 Å². The maximum atomic E-state index is 12.3. The van der Waals surface area contributed by atoms with Crippen LogP contribution in [0, 0.1) is 0 Å². The van der Waals surface area contributed by atoms with Crippen LogP contribution in [0.3, 0.4) is 0 Å². The van der Waals surface area contributed by atoms with Gasteiger partial charge in [-0.15, -0.1) is 0 Å². The van der Waals surface area contributed by atoms with Crippen LogP contribution in [0.15, 0.2) is 52.3 Å². The van der Waals surface area contributed by atoms with Crippen LogP contribution in [0.5, 0.6) is 5.75 Å². The van der Waals surface area contributed by atoms with E-state index in [2.05, 4.69) is 5.32 Å². The van der Waals surface area contributed by atoms with Gasteiger partial charge < -0.3 is 10.4 Å². The number of aromatic hydroxyl groups is 1. The predicted molar refractivity (Wildman–Crippen MR) is 87.5 cm³/mol. The lowest BCUT2D eigenvalue weighted by Gasteiger charge is -2.09. The quantitative estimate of drug-likeness (QED) is 0.614. The zero-order chi connectivity index (χ0) is 18.8. The standard InChI is InChI=1S/C15H12F3NO4S2/c1-25(22,23)13-8-10(4-7-12(13)20)19-14(21)9-2-5-11(6-3-9)24-15(16,17)18/h2-8,20H,1H3,(H,19,21). The number of halogens is 3. The van der Waals surface area contributed by atoms with Gasteiger partial charge in [-0.2, -0.15) is 13.2 Å². The Balaban J connectivity index is 2.17. The molecule has 0 spiro atoms. The van der Waals surface area contributed by atoms with Crippen molar-refractivity contribution >= 4 is 33.2 Å². The van der Waals surface area contributed by atoms with Crippen LogP contribution in [-0.2, 0) is 9.84 Å². The summed E-state index contributed by atoms with van der Waals surface area (Å²) in [7, 11) is -3.69. The number of hydrogen-bond acceptors (Lipinski definition) is 5. The summed E-state index contributed by atoms with van der Waals surface area (Å²) >= 11 is -0.295. The summed E-state index contributed by atoms with van der Waals surface area (Å²) < 4.78 is 59.9. The van der Waals surface area contributed by atoms with Gasteiger partial charge in [0.2, 0.25) is 0 Å². The highest BCUT2D eigenvalue weighted by molar-refractivity contribution is 8.00. The molecule has 25 heavy (non-hydrogen) atoms. The molecule has 0 unspecified atom stereocenters. The largest absolute Gasteiger partial charge is 0.507 e. The molecule has 0 aliphatic carbocycles. The maximum Gasteiger partial charge on any atom is 0.446 e. The highest BCUT2D eigenvalue weighted by atomic mass is 32.2. The first-order valence-electron chi connectivity index (χ1n) is 6.66. The molecule has 2 aromatic carbocycles. The van der Waals surface area contributed by atoms with Crippen LogP contribution in [0.25, 0.3) is 0 Å². The fourth-order valence-electron chi connectivity index (χ4n) is 1.90. The monoisotopic (exact) mass is 391 g/mol. The van der Waals surface area contributed by atoms with E-state index in [-0.39, 0.29) is 32.8 Å². The molecular formula is C15H12F3NO4S2. The molecule has 2 rings (SSSR count). The fraction of sp³-hybridized carbons (Fsp3) is 0.133. The van der Waals surface area contributed by atoms with Crippen LogP contribution in [0.4, 0.5) is 18.9 Å². The van der Waals surface area contributed by atoms with E-state index in [0.717, 1.165) is 30.5 Å². The van der Waals surface area contributed by atoms with Gasteiger partial charge in [0.05, 0.1) is 0 Å². The SMILES string of the molecule is CS(=O)(=O)c1cc(NC(=O)c2ccc(SC(F)(F)F)cc2)ccc1O. The number of carbonyl (C=O) groups excluding carboxylic acids is 1. The Morgan fingerprint density at radius 1 is 1.12 bits per heavy atom. The second-order valence-electron chi connectivity index (χ2n) is 4.98. The summed E-state index contributed by atoms with van der Waals surface area (Å²) in [6.45, 7) is 0. The van der Waals surface area contributed by atoms with E-state index in [0.29, 0.717) is 0 Å². The Bertz CT molecular complexity index is 894. The van der Waals surface area contributed by atoms with E-state index in [1.807, 2.05) is 0 Å². The molecule has 2 N–H and O–H groups in total. The highest BCUT2D eigenvalue weighted by Gasteiger charge is 2.29. The van der Waals surface area contributed by atoms with Crippen molar-refractivity contribution in [2.24, 2.45) is 0 Å². The summed E-state index contributed by atoms with van der Waals surface area (Å²) in [5.41, 5.74) is -4.20. The molecule has 0 heterocycles. The van der Waals surface area contributed by atoms with Gasteiger partial charge in [0.1, 0.15) is 10.6 Å². The Hall–Kier alpha value is -2.20. The Morgan fingerprint density at radius 2 is 1.72 bits per heavy atom. The van der Waals surface area contributed by atoms with Gasteiger partial charge in [-0.3, -0.25) is 4.79 Å². The van der Waals surface area contributed by atoms with Gasteiger partial charge in [0, 0.05) is 22.4 Å². The Morgan fingerprint density at radius 3 is 2.24 bits per heavy atom. The number of nitrogens with one attached hydrogen (secondary N) is 1. The number of phenolic OH excluding ortho intramolecular Hbond substituents is 1. The second kappa shape index (κ2) is 6.96. The number of hydrogen-bond donors (Lipinski definition) is 2. The number of anilines is 1. The van der Waals surface area contributed by atoms with Crippen LogP contribution in [-0.4, -0.2) is 31.2 Å². The van der Waals surface area contributed by atoms with Crippen LogP contribution >= 0.6 is 11.8 Å². The van der Waals surface area contributed by atoms with Crippen molar-refractivity contribution in [1.82, 2.24) is 0 Å². The van der Waals surface area contributed by atoms with Crippen molar-refractivity contribution in [3.8, 4) is 5.75 Å². The minimum absolute atomic E-state index is 0.0620. The first-order valence-corrected chi connectivity index (χ1v) is 9.37. The number of thioether (sulfide) groups is 1. The van der Waals surface area contributed by atoms with Crippen LogP contribution < -0.4 is 5.32 Å². The predicted octanol–water partition coefficient (Wildman–Crippen LogP) is 3.66. The number of sulfone groups is 1. The van der Waals surface area contributed by atoms with Crippen molar-refractivity contribution in [3.05, 3.63) is 48.0 Å². The van der Waals surface area contributed by atoms with E-state index < -0.39 is 27.0 Å². The average Bonchev–Trinajstić information content (AvgIpc) is 2.47. The molecule has 1 amide bonds. The summed E-state index contributed by atoms with van der Waals surface area (Å²) in [6, 6.07) is 8.28. The van der Waals surface area contributed by atoms with Crippen molar-refractivity contribution in [3.63, 3.8) is 0 Å². The van der Waals surface area contributed by atoms with E-state index in [9.17, 15) is 31.5 Å². The van der Waals surface area contributed by atoms with Crippen LogP contribution in [0.2, 0.25) is 0 Å². The molecule has 0 saturated heterocycles. The lowest BCUT2D eigenvalue weighted by Crippen LogP contribution is -2.12. The van der Waals surface area contributed by atoms with Crippen LogP contribution in [0.1, 0.15) is 10.4 Å². The summed E-state index contributed by atoms with van der Waals surface area (Å²) in [5.74, 6) is -1.08. The molecule has 0 radical (unpaired) electrons. The van der Waals surface area contributed by atoms with E-state index in [4.69, 9.17) is 0 Å². The molecule has 0 bridgehead atoms. The molecule has 5 nitrogen and oxygen atoms in total. The van der Waals surface area contributed by atoms with Gasteiger partial charge in [0.25, 0.3) is 5.91 Å². The maximum absolute atomic E-state index is 12.3. The van der Waals surface area contributed by atoms with E-state index in [1.54, 1.807) is 0 Å². The Labute approximate surface area is 145 Å². The number of benzene rings is 2. The van der Waals surface area contributed by atoms with Gasteiger partial charge >= 0.3 is 5.51 Å². The third-order valence-electron chi connectivity index (χ3n) is 2.97. The van der Waals surface area contributed by atoms with Gasteiger partial charge in [-0.1, -0.05) is 0 Å². The lowest BCUT2D eigenvalue weighted by molar-refractivity contribution is -0.0328. The molecule has 0 aliphatic heterocycles. The van der Waals surface area contributed by atoms with Gasteiger partial charge in [0.15, 0.2) is 9.84 Å². The van der Waals surface area contributed by atoms with Gasteiger partial charge in [-0.25, -0.2) is 8.42 Å². The summed E-state index contributed by atoms with van der Waals surface area (Å²) in [5, 5.41) is 12.0. The molecule has 0 fully saturated rings. The molecule has 134 valence electrons. The smallest absolute Gasteiger partial charge is 0.446 e. The third kappa shape index (κ3) is 5.40. The number of amides is 1. The molecule has 10 heteroatoms. The number of alkyl halides is 3. The first-order chi connectivity index (χ1) is 11.5. The van der Waals surface area contributed by atoms with Gasteiger partial charge in [-0.05, 0) is 54.2 Å². The minimum Gasteiger partial charge on any atom is -0.507 e. The summed E-state index contributed by atoms with van der Waals surface area (Å²) in [4.78, 5) is 11.7. The molecule has 0 saturated carbocycles. The first kappa shape index (κ1) is 19.1. The highest BCUT2D eigenvalue weighted by Crippen LogP contribution is 2.36. The number of phenols is 1. The number of carbonyl (C=O) groups is 1. The topological polar surface area (TPSA) is 83.5 Å². The van der Waals surface area contributed by atoms with Crippen molar-refractivity contribution in [1.29, 1.82) is 0 Å². The fourth-order valence-corrected chi connectivity index (χ4v) is 3.23. The van der Waals surface area contributed by atoms with Crippen molar-refractivity contribution < 1.29 is 31.5 Å². The normalized spacial score (nSPS) is 12.0. The zero-order valence-corrected chi connectivity index (χ0v) is 14.3. The lowest BCUT2D eigenvalue weighted by atomic mass is 10.2.